The van der Waals surface area contributed by atoms with Crippen LogP contribution in [0.15, 0.2) is 5.16 Å². The molecule has 2 unspecified atom stereocenters. The quantitative estimate of drug-likeness (QED) is 0.316. The monoisotopic (exact) mass is 243 g/mol. The lowest BCUT2D eigenvalue weighted by Gasteiger charge is -2.22. The van der Waals surface area contributed by atoms with Crippen molar-refractivity contribution in [1.29, 1.82) is 0 Å². The molecule has 0 aromatic rings. The Balaban J connectivity index is 2.35. The van der Waals surface area contributed by atoms with E-state index in [0.29, 0.717) is 13.0 Å². The summed E-state index contributed by atoms with van der Waals surface area (Å²) in [4.78, 5) is 13.4. The minimum Gasteiger partial charge on any atom is -0.409 e. The molecule has 0 spiro atoms. The van der Waals surface area contributed by atoms with Crippen LogP contribution in [0.1, 0.15) is 26.2 Å². The Bertz CT molecular complexity index is 288. The summed E-state index contributed by atoms with van der Waals surface area (Å²) in [5, 5.41) is 11.5. The summed E-state index contributed by atoms with van der Waals surface area (Å²) in [5.74, 6) is 0.0229. The van der Waals surface area contributed by atoms with Crippen LogP contribution in [0.2, 0.25) is 0 Å². The first kappa shape index (κ1) is 13.8. The van der Waals surface area contributed by atoms with Crippen molar-refractivity contribution in [1.82, 2.24) is 4.90 Å². The number of rotatable bonds is 5. The van der Waals surface area contributed by atoms with Crippen molar-refractivity contribution in [2.75, 3.05) is 20.2 Å². The van der Waals surface area contributed by atoms with Crippen molar-refractivity contribution in [3.05, 3.63) is 0 Å². The first-order valence-electron chi connectivity index (χ1n) is 5.87. The van der Waals surface area contributed by atoms with E-state index in [1.165, 1.54) is 0 Å². The molecule has 1 saturated heterocycles. The number of hydrogen-bond donors (Lipinski definition) is 2. The Morgan fingerprint density at radius 1 is 1.71 bits per heavy atom. The largest absolute Gasteiger partial charge is 0.409 e. The second-order valence-electron chi connectivity index (χ2n) is 4.54. The zero-order chi connectivity index (χ0) is 12.8. The van der Waals surface area contributed by atoms with Crippen LogP contribution < -0.4 is 5.73 Å². The molecular formula is C11H21N3O3. The molecule has 1 fully saturated rings. The minimum absolute atomic E-state index is 0.0366. The number of carbonyl (C=O) groups excluding carboxylic acids is 1. The number of hydrogen-bond acceptors (Lipinski definition) is 4. The second-order valence-corrected chi connectivity index (χ2v) is 4.54. The van der Waals surface area contributed by atoms with E-state index in [0.717, 1.165) is 19.4 Å². The number of nitrogens with two attached hydrogens (primary N) is 1. The molecule has 6 heteroatoms. The Hall–Kier alpha value is -1.30. The number of amides is 1. The van der Waals surface area contributed by atoms with E-state index in [2.05, 4.69) is 5.16 Å². The van der Waals surface area contributed by atoms with Crippen LogP contribution in [0, 0.1) is 5.92 Å². The van der Waals surface area contributed by atoms with E-state index in [1.807, 2.05) is 6.92 Å². The Kier molecular flexibility index (Phi) is 5.21. The van der Waals surface area contributed by atoms with Crippen molar-refractivity contribution in [2.45, 2.75) is 32.3 Å². The van der Waals surface area contributed by atoms with Gasteiger partial charge in [0.15, 0.2) is 0 Å². The molecule has 0 saturated carbocycles. The molecule has 2 atom stereocenters. The van der Waals surface area contributed by atoms with Crippen LogP contribution in [-0.4, -0.2) is 48.2 Å². The maximum absolute atomic E-state index is 11.8. The lowest BCUT2D eigenvalue weighted by Crippen LogP contribution is -2.37. The summed E-state index contributed by atoms with van der Waals surface area (Å²) in [6.07, 6.45) is 2.46. The predicted molar refractivity (Wildman–Crippen MR) is 63.8 cm³/mol. The maximum Gasteiger partial charge on any atom is 0.224 e. The molecule has 17 heavy (non-hydrogen) atoms. The SMILES string of the molecule is CC(CN(C)C(=O)CC1CCCO1)/C(N)=N/O. The van der Waals surface area contributed by atoms with Gasteiger partial charge < -0.3 is 20.6 Å². The van der Waals surface area contributed by atoms with Gasteiger partial charge in [-0.2, -0.15) is 0 Å². The van der Waals surface area contributed by atoms with Crippen molar-refractivity contribution in [2.24, 2.45) is 16.8 Å². The summed E-state index contributed by atoms with van der Waals surface area (Å²) in [6, 6.07) is 0. The van der Waals surface area contributed by atoms with Gasteiger partial charge in [-0.15, -0.1) is 0 Å². The molecule has 1 rings (SSSR count). The maximum atomic E-state index is 11.8. The second kappa shape index (κ2) is 6.44. The summed E-state index contributed by atoms with van der Waals surface area (Å²) in [7, 11) is 1.72. The highest BCUT2D eigenvalue weighted by molar-refractivity contribution is 5.83. The zero-order valence-electron chi connectivity index (χ0n) is 10.4. The van der Waals surface area contributed by atoms with E-state index >= 15 is 0 Å². The average molecular weight is 243 g/mol. The van der Waals surface area contributed by atoms with Gasteiger partial charge in [0.05, 0.1) is 12.5 Å². The number of oxime groups is 1. The standard InChI is InChI=1S/C11H21N3O3/c1-8(11(12)13-16)7-14(2)10(15)6-9-4-3-5-17-9/h8-9,16H,3-7H2,1-2H3,(H2,12,13). The van der Waals surface area contributed by atoms with Crippen molar-refractivity contribution in [3.8, 4) is 0 Å². The first-order valence-corrected chi connectivity index (χ1v) is 5.87. The van der Waals surface area contributed by atoms with Gasteiger partial charge >= 0.3 is 0 Å². The van der Waals surface area contributed by atoms with E-state index in [1.54, 1.807) is 11.9 Å². The highest BCUT2D eigenvalue weighted by Gasteiger charge is 2.22. The Morgan fingerprint density at radius 3 is 2.94 bits per heavy atom. The lowest BCUT2D eigenvalue weighted by atomic mass is 10.1. The molecule has 1 aliphatic heterocycles. The summed E-state index contributed by atoms with van der Waals surface area (Å²) in [5.41, 5.74) is 5.47. The fourth-order valence-corrected chi connectivity index (χ4v) is 1.86. The van der Waals surface area contributed by atoms with Gasteiger partial charge in [0.1, 0.15) is 5.84 Å². The van der Waals surface area contributed by atoms with E-state index in [4.69, 9.17) is 15.7 Å². The minimum atomic E-state index is -0.154. The molecule has 3 N–H and O–H groups in total. The molecule has 1 heterocycles. The highest BCUT2D eigenvalue weighted by atomic mass is 16.5. The zero-order valence-corrected chi connectivity index (χ0v) is 10.4. The first-order chi connectivity index (χ1) is 8.04. The third-order valence-corrected chi connectivity index (χ3v) is 3.02. The topological polar surface area (TPSA) is 88.2 Å². The molecule has 0 aromatic heterocycles. The lowest BCUT2D eigenvalue weighted by molar-refractivity contribution is -0.132. The molecule has 0 bridgehead atoms. The number of ether oxygens (including phenoxy) is 1. The normalized spacial score (nSPS) is 22.5. The molecule has 0 radical (unpaired) electrons. The van der Waals surface area contributed by atoms with E-state index in [-0.39, 0.29) is 23.8 Å². The van der Waals surface area contributed by atoms with Gasteiger partial charge in [-0.05, 0) is 12.8 Å². The molecule has 1 aliphatic rings. The number of amidine groups is 1. The van der Waals surface area contributed by atoms with Crippen LogP contribution >= 0.6 is 0 Å². The van der Waals surface area contributed by atoms with E-state index in [9.17, 15) is 4.79 Å². The third kappa shape index (κ3) is 4.22. The molecule has 0 aromatic carbocycles. The van der Waals surface area contributed by atoms with Crippen LogP contribution in [-0.2, 0) is 9.53 Å². The van der Waals surface area contributed by atoms with Crippen LogP contribution in [0.4, 0.5) is 0 Å². The van der Waals surface area contributed by atoms with Gasteiger partial charge in [-0.25, -0.2) is 0 Å². The van der Waals surface area contributed by atoms with Crippen LogP contribution in [0.3, 0.4) is 0 Å². The predicted octanol–water partition coefficient (Wildman–Crippen LogP) is 0.396. The van der Waals surface area contributed by atoms with Gasteiger partial charge in [0.25, 0.3) is 0 Å². The van der Waals surface area contributed by atoms with Crippen molar-refractivity contribution in [3.63, 3.8) is 0 Å². The van der Waals surface area contributed by atoms with Gasteiger partial charge in [0.2, 0.25) is 5.91 Å². The van der Waals surface area contributed by atoms with Gasteiger partial charge in [-0.3, -0.25) is 4.79 Å². The fourth-order valence-electron chi connectivity index (χ4n) is 1.86. The number of carbonyl (C=O) groups is 1. The molecule has 1 amide bonds. The smallest absolute Gasteiger partial charge is 0.224 e. The Labute approximate surface area is 101 Å². The van der Waals surface area contributed by atoms with Crippen LogP contribution in [0.25, 0.3) is 0 Å². The summed E-state index contributed by atoms with van der Waals surface area (Å²) >= 11 is 0. The van der Waals surface area contributed by atoms with Crippen molar-refractivity contribution < 1.29 is 14.7 Å². The summed E-state index contributed by atoms with van der Waals surface area (Å²) < 4.78 is 5.41. The van der Waals surface area contributed by atoms with Gasteiger partial charge in [0, 0.05) is 26.1 Å². The van der Waals surface area contributed by atoms with Crippen LogP contribution in [0.5, 0.6) is 0 Å². The van der Waals surface area contributed by atoms with Crippen molar-refractivity contribution >= 4 is 11.7 Å². The van der Waals surface area contributed by atoms with E-state index < -0.39 is 0 Å². The molecule has 98 valence electrons. The van der Waals surface area contributed by atoms with Gasteiger partial charge in [-0.1, -0.05) is 12.1 Å². The third-order valence-electron chi connectivity index (χ3n) is 3.02. The Morgan fingerprint density at radius 2 is 2.41 bits per heavy atom. The summed E-state index contributed by atoms with van der Waals surface area (Å²) in [6.45, 7) is 3.01. The number of nitrogens with zero attached hydrogens (tertiary/aromatic N) is 2. The molecular weight excluding hydrogens is 222 g/mol. The molecule has 6 nitrogen and oxygen atoms in total. The fraction of sp³-hybridized carbons (Fsp3) is 0.818. The highest BCUT2D eigenvalue weighted by Crippen LogP contribution is 2.16. The average Bonchev–Trinajstić information content (AvgIpc) is 2.80. The molecule has 0 aliphatic carbocycles.